The van der Waals surface area contributed by atoms with Crippen molar-refractivity contribution in [1.29, 1.82) is 0 Å². The highest BCUT2D eigenvalue weighted by Crippen LogP contribution is 2.45. The molecule has 2 aliphatic rings. The summed E-state index contributed by atoms with van der Waals surface area (Å²) in [6, 6.07) is 11.3. The largest absolute Gasteiger partial charge is 0.377 e. The lowest BCUT2D eigenvalue weighted by Gasteiger charge is -2.30. The van der Waals surface area contributed by atoms with E-state index in [1.54, 1.807) is 0 Å². The number of rotatable bonds is 4. The van der Waals surface area contributed by atoms with Crippen LogP contribution in [0.3, 0.4) is 0 Å². The molecule has 0 amide bonds. The molecule has 1 atom stereocenters. The summed E-state index contributed by atoms with van der Waals surface area (Å²) in [5, 5.41) is 5.48. The molecule has 186 valence electrons. The summed E-state index contributed by atoms with van der Waals surface area (Å²) in [4.78, 5) is 32.3. The number of benzene rings is 2. The first kappa shape index (κ1) is 25.0. The van der Waals surface area contributed by atoms with E-state index in [2.05, 4.69) is 33.0 Å². The Hall–Kier alpha value is -2.69. The molecule has 0 saturated carbocycles. The maximum atomic E-state index is 13.7. The second-order valence-corrected chi connectivity index (χ2v) is 11.7. The molecule has 6 heteroatoms. The highest BCUT2D eigenvalue weighted by molar-refractivity contribution is 6.31. The number of nitrogens with zero attached hydrogens (tertiary/aromatic N) is 1. The maximum Gasteiger partial charge on any atom is 0.201 e. The fourth-order valence-corrected chi connectivity index (χ4v) is 6.42. The number of nitrogens with one attached hydrogen (secondary N) is 1. The minimum Gasteiger partial charge on any atom is -0.377 e. The average molecular weight is 521 g/mol. The lowest BCUT2D eigenvalue weighted by atomic mass is 9.75. The Labute approximate surface area is 221 Å². The summed E-state index contributed by atoms with van der Waals surface area (Å²) in [6.45, 7) is 12.4. The normalized spacial score (nSPS) is 19.0. The average Bonchev–Trinajstić information content (AvgIpc) is 3.24. The molecule has 4 nitrogen and oxygen atoms in total. The van der Waals surface area contributed by atoms with Gasteiger partial charge in [0.15, 0.2) is 0 Å². The van der Waals surface area contributed by atoms with Gasteiger partial charge < -0.3 is 5.32 Å². The van der Waals surface area contributed by atoms with Crippen LogP contribution in [0, 0.1) is 0 Å². The van der Waals surface area contributed by atoms with E-state index >= 15 is 0 Å². The van der Waals surface area contributed by atoms with Crippen molar-refractivity contribution in [3.05, 3.63) is 88.5 Å². The van der Waals surface area contributed by atoms with Crippen molar-refractivity contribution in [1.82, 2.24) is 0 Å². The zero-order valence-corrected chi connectivity index (χ0v) is 23.0. The first-order chi connectivity index (χ1) is 16.9. The van der Waals surface area contributed by atoms with Gasteiger partial charge in [-0.05, 0) is 71.5 Å². The van der Waals surface area contributed by atoms with Crippen LogP contribution in [0.5, 0.6) is 0 Å². The molecule has 0 spiro atoms. The van der Waals surface area contributed by atoms with Crippen molar-refractivity contribution in [3.8, 4) is 0 Å². The van der Waals surface area contributed by atoms with Crippen LogP contribution in [0.1, 0.15) is 65.5 Å². The van der Waals surface area contributed by atoms with Crippen LogP contribution in [0.15, 0.2) is 51.0 Å². The third kappa shape index (κ3) is 3.45. The van der Waals surface area contributed by atoms with Crippen LogP contribution >= 0.6 is 23.2 Å². The third-order valence-corrected chi connectivity index (χ3v) is 8.52. The summed E-state index contributed by atoms with van der Waals surface area (Å²) < 4.78 is 0. The van der Waals surface area contributed by atoms with Crippen LogP contribution in [0.4, 0.5) is 11.4 Å². The quantitative estimate of drug-likeness (QED) is 0.490. The van der Waals surface area contributed by atoms with Crippen molar-refractivity contribution < 1.29 is 0 Å². The van der Waals surface area contributed by atoms with E-state index in [1.165, 1.54) is 0 Å². The molecule has 3 aromatic carbocycles. The maximum absolute atomic E-state index is 13.7. The standard InChI is InChI=1S/C30H30Cl2N2O2/c1-7-17(27-29(3,4)19-13-15(31)9-11-21(19)33-27)23-25(35)24(26(23)36)18(8-2)28-30(5,6)20-14-16(32)10-12-22(20)34-28/h9-14,27,33H,7-8H2,1-6H3. The van der Waals surface area contributed by atoms with Crippen LogP contribution < -0.4 is 26.6 Å². The van der Waals surface area contributed by atoms with Gasteiger partial charge in [-0.25, -0.2) is 0 Å². The van der Waals surface area contributed by atoms with Crippen molar-refractivity contribution in [3.63, 3.8) is 0 Å². The molecule has 3 aromatic rings. The van der Waals surface area contributed by atoms with Gasteiger partial charge in [-0.1, -0.05) is 64.7 Å². The predicted molar refractivity (Wildman–Crippen MR) is 151 cm³/mol. The van der Waals surface area contributed by atoms with Crippen molar-refractivity contribution in [2.45, 2.75) is 71.3 Å². The van der Waals surface area contributed by atoms with E-state index < -0.39 is 5.41 Å². The number of fused-ring (bicyclic) bond motifs is 2. The van der Waals surface area contributed by atoms with Gasteiger partial charge in [-0.3, -0.25) is 14.6 Å². The fourth-order valence-electron chi connectivity index (χ4n) is 6.08. The molecule has 1 unspecified atom stereocenters. The molecular formula is C30H30Cl2N2O2. The summed E-state index contributed by atoms with van der Waals surface area (Å²) in [5.74, 6) is 0. The second-order valence-electron chi connectivity index (χ2n) is 10.9. The molecule has 2 aliphatic heterocycles. The van der Waals surface area contributed by atoms with Gasteiger partial charge >= 0.3 is 0 Å². The van der Waals surface area contributed by atoms with E-state index in [9.17, 15) is 9.59 Å². The Kier molecular flexibility index (Phi) is 5.85. The molecule has 0 aromatic heterocycles. The Morgan fingerprint density at radius 2 is 1.50 bits per heavy atom. The highest BCUT2D eigenvalue weighted by Gasteiger charge is 2.42. The van der Waals surface area contributed by atoms with Crippen LogP contribution in [0.25, 0.3) is 11.1 Å². The summed E-state index contributed by atoms with van der Waals surface area (Å²) in [6.07, 6.45) is 1.14. The van der Waals surface area contributed by atoms with E-state index in [4.69, 9.17) is 28.2 Å². The van der Waals surface area contributed by atoms with Crippen molar-refractivity contribution in [2.24, 2.45) is 4.99 Å². The van der Waals surface area contributed by atoms with Gasteiger partial charge in [-0.2, -0.15) is 0 Å². The molecular weight excluding hydrogens is 491 g/mol. The van der Waals surface area contributed by atoms with Gasteiger partial charge in [0, 0.05) is 26.6 Å². The Balaban J connectivity index is 1.69. The van der Waals surface area contributed by atoms with E-state index in [-0.39, 0.29) is 27.5 Å². The molecule has 5 rings (SSSR count). The Morgan fingerprint density at radius 3 is 2.11 bits per heavy atom. The first-order valence-electron chi connectivity index (χ1n) is 12.4. The Morgan fingerprint density at radius 1 is 0.889 bits per heavy atom. The molecule has 0 saturated heterocycles. The topological polar surface area (TPSA) is 58.5 Å². The molecule has 0 aliphatic carbocycles. The summed E-state index contributed by atoms with van der Waals surface area (Å²) in [5.41, 5.74) is 5.15. The first-order valence-corrected chi connectivity index (χ1v) is 13.2. The predicted octanol–water partition coefficient (Wildman–Crippen LogP) is 5.55. The molecule has 0 fully saturated rings. The molecule has 0 radical (unpaired) electrons. The molecule has 1 N–H and O–H groups in total. The van der Waals surface area contributed by atoms with Gasteiger partial charge in [0.2, 0.25) is 10.9 Å². The van der Waals surface area contributed by atoms with Crippen molar-refractivity contribution >= 4 is 51.4 Å². The van der Waals surface area contributed by atoms with Gasteiger partial charge in [0.25, 0.3) is 0 Å². The highest BCUT2D eigenvalue weighted by atomic mass is 35.5. The minimum atomic E-state index is -0.456. The van der Waals surface area contributed by atoms with Crippen LogP contribution in [-0.4, -0.2) is 11.8 Å². The zero-order valence-electron chi connectivity index (χ0n) is 21.5. The van der Waals surface area contributed by atoms with Crippen LogP contribution in [0.2, 0.25) is 10.0 Å². The summed E-state index contributed by atoms with van der Waals surface area (Å²) >= 11 is 12.5. The van der Waals surface area contributed by atoms with Gasteiger partial charge in [0.05, 0.1) is 27.9 Å². The second kappa shape index (κ2) is 8.43. The molecule has 36 heavy (non-hydrogen) atoms. The number of aliphatic imine (C=N–C) groups is 1. The fraction of sp³-hybridized carbons (Fsp3) is 0.367. The number of anilines is 1. The Bertz CT molecular complexity index is 1620. The van der Waals surface area contributed by atoms with Crippen molar-refractivity contribution in [2.75, 3.05) is 5.32 Å². The number of hydrogen-bond donors (Lipinski definition) is 1. The minimum absolute atomic E-state index is 0.169. The van der Waals surface area contributed by atoms with Gasteiger partial charge in [-0.15, -0.1) is 0 Å². The van der Waals surface area contributed by atoms with E-state index in [1.807, 2.05) is 50.2 Å². The third-order valence-electron chi connectivity index (χ3n) is 8.05. The number of halogens is 2. The van der Waals surface area contributed by atoms with E-state index in [0.29, 0.717) is 28.1 Å². The van der Waals surface area contributed by atoms with E-state index in [0.717, 1.165) is 39.4 Å². The monoisotopic (exact) mass is 520 g/mol. The SMILES string of the molecule is CCC(C1=Nc2ccc(Cl)cc2C1(C)C)=c1c(=O)c(=C(CC)C2Nc3ccc(Cl)cc3C2(C)C)c1=O. The van der Waals surface area contributed by atoms with Crippen LogP contribution in [-0.2, 0) is 10.8 Å². The lowest BCUT2D eigenvalue weighted by Crippen LogP contribution is -2.68. The smallest absolute Gasteiger partial charge is 0.201 e. The van der Waals surface area contributed by atoms with Gasteiger partial charge in [0.1, 0.15) is 0 Å². The summed E-state index contributed by atoms with van der Waals surface area (Å²) in [7, 11) is 0. The molecule has 0 bridgehead atoms. The number of hydrogen-bond acceptors (Lipinski definition) is 4. The molecule has 2 heterocycles. The zero-order chi connectivity index (χ0) is 26.2. The lowest BCUT2D eigenvalue weighted by molar-refractivity contribution is 0.519.